The Morgan fingerprint density at radius 1 is 1.18 bits per heavy atom. The Balaban J connectivity index is 1.65. The van der Waals surface area contributed by atoms with Crippen molar-refractivity contribution >= 4 is 5.78 Å². The van der Waals surface area contributed by atoms with Gasteiger partial charge < -0.3 is 14.6 Å². The van der Waals surface area contributed by atoms with Crippen molar-refractivity contribution in [1.29, 1.82) is 0 Å². The van der Waals surface area contributed by atoms with Gasteiger partial charge in [-0.1, -0.05) is 30.3 Å². The van der Waals surface area contributed by atoms with Crippen molar-refractivity contribution in [2.24, 2.45) is 5.92 Å². The lowest BCUT2D eigenvalue weighted by Gasteiger charge is -2.55. The number of phenols is 1. The standard InChI is InChI=1S/C24H26O4/c1-23(2)16-9-10-24(3)13-15(16)20-19(27-24)12-18(26)21(22(20)28-23)17(25)11-14-7-5-4-6-8-14/h4-8,12,15-16,26H,9-11,13H2,1-3H3. The summed E-state index contributed by atoms with van der Waals surface area (Å²) in [4.78, 5) is 13.2. The largest absolute Gasteiger partial charge is 0.507 e. The van der Waals surface area contributed by atoms with Crippen LogP contribution in [0.1, 0.15) is 67.4 Å². The highest BCUT2D eigenvalue weighted by atomic mass is 16.5. The molecular weight excluding hydrogens is 352 g/mol. The predicted molar refractivity (Wildman–Crippen MR) is 106 cm³/mol. The molecule has 2 aromatic carbocycles. The summed E-state index contributed by atoms with van der Waals surface area (Å²) in [5.41, 5.74) is 1.61. The van der Waals surface area contributed by atoms with E-state index >= 15 is 0 Å². The number of hydrogen-bond acceptors (Lipinski definition) is 4. The Bertz CT molecular complexity index is 962. The van der Waals surface area contributed by atoms with Crippen LogP contribution in [0.25, 0.3) is 0 Å². The van der Waals surface area contributed by atoms with Crippen molar-refractivity contribution in [3.8, 4) is 17.2 Å². The Labute approximate surface area is 165 Å². The molecule has 0 amide bonds. The quantitative estimate of drug-likeness (QED) is 0.762. The fraction of sp³-hybridized carbons (Fsp3) is 0.458. The Hall–Kier alpha value is -2.49. The third kappa shape index (κ3) is 2.54. The zero-order chi connectivity index (χ0) is 19.7. The summed E-state index contributed by atoms with van der Waals surface area (Å²) < 4.78 is 12.7. The van der Waals surface area contributed by atoms with Gasteiger partial charge in [0.05, 0.1) is 0 Å². The molecule has 3 unspecified atom stereocenters. The van der Waals surface area contributed by atoms with Crippen LogP contribution in [-0.4, -0.2) is 22.1 Å². The summed E-state index contributed by atoms with van der Waals surface area (Å²) in [6.07, 6.45) is 3.19. The fourth-order valence-corrected chi connectivity index (χ4v) is 5.52. The number of ketones is 1. The first-order chi connectivity index (χ1) is 13.3. The summed E-state index contributed by atoms with van der Waals surface area (Å²) in [5.74, 6) is 1.73. The van der Waals surface area contributed by atoms with Gasteiger partial charge in [0.1, 0.15) is 34.0 Å². The molecule has 3 atom stereocenters. The molecule has 2 aliphatic heterocycles. The summed E-state index contributed by atoms with van der Waals surface area (Å²) in [6, 6.07) is 11.2. The average Bonchev–Trinajstić information content (AvgIpc) is 2.60. The first-order valence-corrected chi connectivity index (χ1v) is 10.1. The molecule has 0 saturated heterocycles. The van der Waals surface area contributed by atoms with Crippen LogP contribution in [0.15, 0.2) is 36.4 Å². The van der Waals surface area contributed by atoms with E-state index in [9.17, 15) is 9.90 Å². The van der Waals surface area contributed by atoms with Crippen molar-refractivity contribution < 1.29 is 19.4 Å². The van der Waals surface area contributed by atoms with E-state index in [0.717, 1.165) is 30.4 Å². The lowest BCUT2D eigenvalue weighted by molar-refractivity contribution is -0.0731. The van der Waals surface area contributed by atoms with Gasteiger partial charge >= 0.3 is 0 Å². The second kappa shape index (κ2) is 5.76. The molecule has 4 nitrogen and oxygen atoms in total. The third-order valence-electron chi connectivity index (χ3n) is 6.85. The van der Waals surface area contributed by atoms with Crippen molar-refractivity contribution in [2.45, 2.75) is 63.6 Å². The first-order valence-electron chi connectivity index (χ1n) is 10.1. The van der Waals surface area contributed by atoms with Gasteiger partial charge in [0.25, 0.3) is 0 Å². The van der Waals surface area contributed by atoms with Gasteiger partial charge in [-0.05, 0) is 45.6 Å². The number of phenolic OH excluding ortho intramolecular Hbond substituents is 1. The molecule has 3 aliphatic rings. The van der Waals surface area contributed by atoms with Gasteiger partial charge in [0.2, 0.25) is 0 Å². The number of carbonyl (C=O) groups excluding carboxylic acids is 1. The van der Waals surface area contributed by atoms with E-state index in [4.69, 9.17) is 9.47 Å². The molecule has 2 heterocycles. The minimum absolute atomic E-state index is 0.0486. The molecule has 1 fully saturated rings. The molecule has 0 radical (unpaired) electrons. The zero-order valence-corrected chi connectivity index (χ0v) is 16.6. The normalized spacial score (nSPS) is 28.8. The Kier molecular flexibility index (Phi) is 3.62. The molecule has 1 saturated carbocycles. The van der Waals surface area contributed by atoms with Gasteiger partial charge in [-0.3, -0.25) is 4.79 Å². The van der Waals surface area contributed by atoms with Crippen LogP contribution in [0, 0.1) is 5.92 Å². The van der Waals surface area contributed by atoms with Crippen LogP contribution in [0.3, 0.4) is 0 Å². The third-order valence-corrected chi connectivity index (χ3v) is 6.85. The molecule has 4 heteroatoms. The van der Waals surface area contributed by atoms with E-state index in [1.807, 2.05) is 30.3 Å². The molecule has 0 aromatic heterocycles. The minimum Gasteiger partial charge on any atom is -0.507 e. The maximum Gasteiger partial charge on any atom is 0.174 e. The highest BCUT2D eigenvalue weighted by Crippen LogP contribution is 2.62. The maximum absolute atomic E-state index is 13.2. The van der Waals surface area contributed by atoms with Crippen LogP contribution >= 0.6 is 0 Å². The van der Waals surface area contributed by atoms with Crippen LogP contribution < -0.4 is 9.47 Å². The Morgan fingerprint density at radius 2 is 1.93 bits per heavy atom. The summed E-state index contributed by atoms with van der Waals surface area (Å²) in [6.45, 7) is 6.36. The van der Waals surface area contributed by atoms with E-state index in [1.54, 1.807) is 6.07 Å². The van der Waals surface area contributed by atoms with Gasteiger partial charge in [-0.25, -0.2) is 0 Å². The smallest absolute Gasteiger partial charge is 0.174 e. The number of hydrogen-bond donors (Lipinski definition) is 1. The number of rotatable bonds is 3. The maximum atomic E-state index is 13.2. The molecule has 5 rings (SSSR count). The van der Waals surface area contributed by atoms with Crippen molar-refractivity contribution in [2.75, 3.05) is 0 Å². The second-order valence-corrected chi connectivity index (χ2v) is 9.31. The molecule has 28 heavy (non-hydrogen) atoms. The van der Waals surface area contributed by atoms with Gasteiger partial charge in [-0.2, -0.15) is 0 Å². The average molecular weight is 378 g/mol. The SMILES string of the molecule is CC12CCC3C(C1)c1c(cc(O)c(C(=O)Cc4ccccc4)c1OC3(C)C)O2. The Morgan fingerprint density at radius 3 is 2.68 bits per heavy atom. The lowest BCUT2D eigenvalue weighted by atomic mass is 9.61. The van der Waals surface area contributed by atoms with Crippen LogP contribution in [0.2, 0.25) is 0 Å². The van der Waals surface area contributed by atoms with Gasteiger partial charge in [0.15, 0.2) is 5.78 Å². The van der Waals surface area contributed by atoms with Gasteiger partial charge in [0, 0.05) is 29.9 Å². The first kappa shape index (κ1) is 17.6. The van der Waals surface area contributed by atoms with Crippen LogP contribution in [0.5, 0.6) is 17.2 Å². The topological polar surface area (TPSA) is 55.8 Å². The molecule has 1 aliphatic carbocycles. The summed E-state index contributed by atoms with van der Waals surface area (Å²) in [7, 11) is 0. The number of benzene rings is 2. The summed E-state index contributed by atoms with van der Waals surface area (Å²) in [5, 5.41) is 10.8. The molecule has 2 aromatic rings. The highest BCUT2D eigenvalue weighted by molar-refractivity contribution is 6.03. The number of ether oxygens (including phenoxy) is 2. The van der Waals surface area contributed by atoms with Crippen molar-refractivity contribution in [3.05, 3.63) is 53.1 Å². The predicted octanol–water partition coefficient (Wildman–Crippen LogP) is 5.02. The molecular formula is C24H26O4. The van der Waals surface area contributed by atoms with E-state index in [0.29, 0.717) is 28.9 Å². The van der Waals surface area contributed by atoms with Gasteiger partial charge in [-0.15, -0.1) is 0 Å². The second-order valence-electron chi connectivity index (χ2n) is 9.31. The highest BCUT2D eigenvalue weighted by Gasteiger charge is 2.55. The zero-order valence-electron chi connectivity index (χ0n) is 16.6. The van der Waals surface area contributed by atoms with Crippen molar-refractivity contribution in [3.63, 3.8) is 0 Å². The molecule has 1 N–H and O–H groups in total. The number of fused-ring (bicyclic) bond motifs is 1. The monoisotopic (exact) mass is 378 g/mol. The number of aromatic hydroxyl groups is 1. The number of carbonyl (C=O) groups is 1. The van der Waals surface area contributed by atoms with Crippen LogP contribution in [-0.2, 0) is 6.42 Å². The van der Waals surface area contributed by atoms with E-state index in [-0.39, 0.29) is 29.2 Å². The molecule has 146 valence electrons. The van der Waals surface area contributed by atoms with Crippen molar-refractivity contribution in [1.82, 2.24) is 0 Å². The minimum atomic E-state index is -0.386. The van der Waals surface area contributed by atoms with E-state index in [2.05, 4.69) is 20.8 Å². The fourth-order valence-electron chi connectivity index (χ4n) is 5.52. The molecule has 0 spiro atoms. The summed E-state index contributed by atoms with van der Waals surface area (Å²) >= 11 is 0. The lowest BCUT2D eigenvalue weighted by Crippen LogP contribution is -2.54. The van der Waals surface area contributed by atoms with E-state index < -0.39 is 0 Å². The molecule has 2 bridgehead atoms. The number of Topliss-reactive ketones (excluding diaryl/α,β-unsaturated/α-hetero) is 1. The van der Waals surface area contributed by atoms with Crippen LogP contribution in [0.4, 0.5) is 0 Å². The van der Waals surface area contributed by atoms with E-state index in [1.165, 1.54) is 0 Å².